The summed E-state index contributed by atoms with van der Waals surface area (Å²) >= 11 is 0. The summed E-state index contributed by atoms with van der Waals surface area (Å²) in [7, 11) is 0. The second-order valence-corrected chi connectivity index (χ2v) is 9.46. The van der Waals surface area contributed by atoms with Crippen molar-refractivity contribution in [2.75, 3.05) is 11.9 Å². The zero-order valence-corrected chi connectivity index (χ0v) is 18.1. The number of hydrogen-bond donors (Lipinski definition) is 3. The number of anilines is 1. The number of carbonyl (C=O) groups excluding carboxylic acids is 3. The molecule has 0 spiro atoms. The fourth-order valence-corrected chi connectivity index (χ4v) is 4.07. The van der Waals surface area contributed by atoms with Crippen LogP contribution in [-0.2, 0) is 14.3 Å². The van der Waals surface area contributed by atoms with E-state index in [-0.39, 0.29) is 29.4 Å². The van der Waals surface area contributed by atoms with Crippen molar-refractivity contribution in [3.63, 3.8) is 0 Å². The summed E-state index contributed by atoms with van der Waals surface area (Å²) in [5.74, 6) is -0.236. The van der Waals surface area contributed by atoms with E-state index in [9.17, 15) is 14.4 Å². The Hall–Kier alpha value is -2.57. The lowest BCUT2D eigenvalue weighted by molar-refractivity contribution is -0.134. The van der Waals surface area contributed by atoms with Gasteiger partial charge in [0.15, 0.2) is 0 Å². The van der Waals surface area contributed by atoms with Crippen LogP contribution in [0.1, 0.15) is 70.8 Å². The number of amides is 3. The molecule has 1 aromatic carbocycles. The van der Waals surface area contributed by atoms with E-state index in [1.54, 1.807) is 0 Å². The number of imide groups is 1. The van der Waals surface area contributed by atoms with E-state index in [1.165, 1.54) is 0 Å². The van der Waals surface area contributed by atoms with E-state index < -0.39 is 0 Å². The Morgan fingerprint density at radius 1 is 1.07 bits per heavy atom. The minimum Gasteiger partial charge on any atom is -0.449 e. The quantitative estimate of drug-likeness (QED) is 0.637. The summed E-state index contributed by atoms with van der Waals surface area (Å²) in [6.07, 6.45) is 4.72. The van der Waals surface area contributed by atoms with Crippen LogP contribution in [0.2, 0.25) is 0 Å². The van der Waals surface area contributed by atoms with Crippen molar-refractivity contribution in [1.29, 1.82) is 0 Å². The number of carbonyl (C=O) groups is 3. The number of rotatable bonds is 5. The molecule has 1 heterocycles. The van der Waals surface area contributed by atoms with Crippen LogP contribution in [0.3, 0.4) is 0 Å². The minimum atomic E-state index is -0.348. The molecular formula is C23H33N3O4. The van der Waals surface area contributed by atoms with Crippen molar-refractivity contribution in [3.8, 4) is 0 Å². The second kappa shape index (κ2) is 9.49. The normalized spacial score (nSPS) is 24.7. The molecule has 2 fully saturated rings. The third-order valence-corrected chi connectivity index (χ3v) is 5.70. The van der Waals surface area contributed by atoms with Crippen LogP contribution in [0.5, 0.6) is 0 Å². The lowest BCUT2D eigenvalue weighted by Crippen LogP contribution is -2.41. The van der Waals surface area contributed by atoms with Gasteiger partial charge in [0.2, 0.25) is 11.8 Å². The fourth-order valence-electron chi connectivity index (χ4n) is 4.07. The van der Waals surface area contributed by atoms with Crippen LogP contribution in [0.15, 0.2) is 24.3 Å². The summed E-state index contributed by atoms with van der Waals surface area (Å²) in [5.41, 5.74) is 1.70. The molecule has 0 aromatic heterocycles. The highest BCUT2D eigenvalue weighted by Gasteiger charge is 2.28. The molecule has 7 nitrogen and oxygen atoms in total. The SMILES string of the molecule is CC(C)(C)NC(=O)OCC1CCC(Nc2ccc(C3CCC(=O)NC3=O)cc2)CC1. The van der Waals surface area contributed by atoms with E-state index in [2.05, 4.69) is 16.0 Å². The summed E-state index contributed by atoms with van der Waals surface area (Å²) in [4.78, 5) is 35.1. The van der Waals surface area contributed by atoms with E-state index in [4.69, 9.17) is 4.74 Å². The molecule has 3 amide bonds. The molecule has 1 aliphatic heterocycles. The standard InChI is InChI=1S/C23H33N3O4/c1-23(2,3)26-22(29)30-14-15-4-8-17(9-5-15)24-18-10-6-16(7-11-18)19-12-13-20(27)25-21(19)28/h6-7,10-11,15,17,19,24H,4-5,8-9,12-14H2,1-3H3,(H,26,29)(H,25,27,28). The first-order valence-corrected chi connectivity index (χ1v) is 10.8. The molecule has 0 bridgehead atoms. The minimum absolute atomic E-state index is 0.189. The Balaban J connectivity index is 1.41. The molecule has 1 aromatic rings. The third-order valence-electron chi connectivity index (χ3n) is 5.70. The third kappa shape index (κ3) is 6.47. The molecule has 1 atom stereocenters. The highest BCUT2D eigenvalue weighted by molar-refractivity contribution is 6.00. The van der Waals surface area contributed by atoms with Crippen LogP contribution in [-0.4, -0.2) is 36.1 Å². The lowest BCUT2D eigenvalue weighted by atomic mass is 9.86. The molecule has 1 saturated carbocycles. The number of nitrogens with one attached hydrogen (secondary N) is 3. The van der Waals surface area contributed by atoms with Gasteiger partial charge < -0.3 is 15.4 Å². The molecule has 1 saturated heterocycles. The van der Waals surface area contributed by atoms with Gasteiger partial charge in [-0.3, -0.25) is 14.9 Å². The zero-order valence-electron chi connectivity index (χ0n) is 18.1. The van der Waals surface area contributed by atoms with Gasteiger partial charge in [-0.25, -0.2) is 4.79 Å². The van der Waals surface area contributed by atoms with Crippen molar-refractivity contribution in [2.24, 2.45) is 5.92 Å². The van der Waals surface area contributed by atoms with E-state index >= 15 is 0 Å². The van der Waals surface area contributed by atoms with E-state index in [0.29, 0.717) is 31.4 Å². The number of alkyl carbamates (subject to hydrolysis) is 1. The van der Waals surface area contributed by atoms with Crippen LogP contribution in [0, 0.1) is 5.92 Å². The van der Waals surface area contributed by atoms with Gasteiger partial charge in [0.25, 0.3) is 0 Å². The highest BCUT2D eigenvalue weighted by atomic mass is 16.5. The first kappa shape index (κ1) is 22.1. The van der Waals surface area contributed by atoms with Crippen LogP contribution in [0.25, 0.3) is 0 Å². The van der Waals surface area contributed by atoms with Crippen LogP contribution < -0.4 is 16.0 Å². The molecular weight excluding hydrogens is 382 g/mol. The highest BCUT2D eigenvalue weighted by Crippen LogP contribution is 2.29. The molecule has 1 aliphatic carbocycles. The predicted molar refractivity (Wildman–Crippen MR) is 115 cm³/mol. The van der Waals surface area contributed by atoms with Gasteiger partial charge in [-0.1, -0.05) is 12.1 Å². The topological polar surface area (TPSA) is 96.5 Å². The lowest BCUT2D eigenvalue weighted by Gasteiger charge is -2.30. The Kier molecular flexibility index (Phi) is 7.00. The van der Waals surface area contributed by atoms with Gasteiger partial charge in [0.05, 0.1) is 12.5 Å². The van der Waals surface area contributed by atoms with Gasteiger partial charge in [-0.2, -0.15) is 0 Å². The van der Waals surface area contributed by atoms with E-state index in [0.717, 1.165) is 36.9 Å². The molecule has 0 radical (unpaired) electrons. The van der Waals surface area contributed by atoms with Gasteiger partial charge >= 0.3 is 6.09 Å². The van der Waals surface area contributed by atoms with Crippen molar-refractivity contribution >= 4 is 23.6 Å². The Bertz CT molecular complexity index is 762. The van der Waals surface area contributed by atoms with Crippen molar-refractivity contribution in [2.45, 2.75) is 76.8 Å². The summed E-state index contributed by atoms with van der Waals surface area (Å²) in [6, 6.07) is 8.34. The molecule has 3 rings (SSSR count). The molecule has 164 valence electrons. The van der Waals surface area contributed by atoms with E-state index in [1.807, 2.05) is 45.0 Å². The fraction of sp³-hybridized carbons (Fsp3) is 0.609. The molecule has 7 heteroatoms. The maximum Gasteiger partial charge on any atom is 0.407 e. The Labute approximate surface area is 178 Å². The summed E-state index contributed by atoms with van der Waals surface area (Å²) in [5, 5.41) is 8.80. The Morgan fingerprint density at radius 3 is 2.33 bits per heavy atom. The maximum absolute atomic E-state index is 12.0. The average Bonchev–Trinajstić information content (AvgIpc) is 2.67. The summed E-state index contributed by atoms with van der Waals surface area (Å²) in [6.45, 7) is 6.27. The molecule has 2 aliphatic rings. The number of hydrogen-bond acceptors (Lipinski definition) is 5. The predicted octanol–water partition coefficient (Wildman–Crippen LogP) is 3.70. The smallest absolute Gasteiger partial charge is 0.407 e. The van der Waals surface area contributed by atoms with Crippen molar-refractivity contribution < 1.29 is 19.1 Å². The van der Waals surface area contributed by atoms with Gasteiger partial charge in [-0.15, -0.1) is 0 Å². The van der Waals surface area contributed by atoms with Gasteiger partial charge in [0.1, 0.15) is 0 Å². The number of benzene rings is 1. The second-order valence-electron chi connectivity index (χ2n) is 9.46. The van der Waals surface area contributed by atoms with Gasteiger partial charge in [-0.05, 0) is 76.5 Å². The van der Waals surface area contributed by atoms with Crippen molar-refractivity contribution in [3.05, 3.63) is 29.8 Å². The molecule has 3 N–H and O–H groups in total. The first-order valence-electron chi connectivity index (χ1n) is 10.8. The molecule has 30 heavy (non-hydrogen) atoms. The van der Waals surface area contributed by atoms with Gasteiger partial charge in [0, 0.05) is 23.7 Å². The Morgan fingerprint density at radius 2 is 1.73 bits per heavy atom. The van der Waals surface area contributed by atoms with Crippen LogP contribution in [0.4, 0.5) is 10.5 Å². The van der Waals surface area contributed by atoms with Crippen molar-refractivity contribution in [1.82, 2.24) is 10.6 Å². The average molecular weight is 416 g/mol. The number of ether oxygens (including phenoxy) is 1. The molecule has 1 unspecified atom stereocenters. The number of piperidine rings is 1. The zero-order chi connectivity index (χ0) is 21.7. The largest absolute Gasteiger partial charge is 0.449 e. The summed E-state index contributed by atoms with van der Waals surface area (Å²) < 4.78 is 5.37. The maximum atomic E-state index is 12.0. The monoisotopic (exact) mass is 415 g/mol. The van der Waals surface area contributed by atoms with Crippen LogP contribution >= 0.6 is 0 Å². The first-order chi connectivity index (χ1) is 14.2.